The summed E-state index contributed by atoms with van der Waals surface area (Å²) in [7, 11) is 0. The zero-order chi connectivity index (χ0) is 15.5. The third-order valence-corrected chi connectivity index (χ3v) is 4.24. The van der Waals surface area contributed by atoms with Gasteiger partial charge in [0.2, 0.25) is 0 Å². The Bertz CT molecular complexity index is 781. The van der Waals surface area contributed by atoms with E-state index in [1.807, 2.05) is 11.4 Å². The number of halogens is 2. The molecule has 0 atom stereocenters. The number of amides is 1. The summed E-state index contributed by atoms with van der Waals surface area (Å²) in [5.41, 5.74) is 0.911. The highest BCUT2D eigenvalue weighted by atomic mass is 35.5. The van der Waals surface area contributed by atoms with Crippen LogP contribution in [0.15, 0.2) is 48.1 Å². The van der Waals surface area contributed by atoms with E-state index in [0.717, 1.165) is 0 Å². The van der Waals surface area contributed by atoms with Crippen LogP contribution in [0.2, 0.25) is 5.02 Å². The Morgan fingerprint density at radius 2 is 2.23 bits per heavy atom. The monoisotopic (exact) mass is 335 g/mol. The van der Waals surface area contributed by atoms with Gasteiger partial charge in [-0.2, -0.15) is 5.10 Å². The molecule has 0 bridgehead atoms. The molecule has 1 amide bonds. The second kappa shape index (κ2) is 6.29. The summed E-state index contributed by atoms with van der Waals surface area (Å²) in [5, 5.41) is 9.03. The molecule has 3 rings (SSSR count). The Balaban J connectivity index is 1.73. The van der Waals surface area contributed by atoms with Crippen LogP contribution >= 0.6 is 22.9 Å². The maximum atomic E-state index is 13.7. The van der Waals surface area contributed by atoms with Crippen LogP contribution in [0, 0.1) is 5.82 Å². The van der Waals surface area contributed by atoms with Gasteiger partial charge in [0.05, 0.1) is 23.3 Å². The van der Waals surface area contributed by atoms with Crippen LogP contribution < -0.4 is 5.32 Å². The van der Waals surface area contributed by atoms with E-state index < -0.39 is 0 Å². The lowest BCUT2D eigenvalue weighted by molar-refractivity contribution is 0.103. The van der Waals surface area contributed by atoms with Crippen molar-refractivity contribution in [3.05, 3.63) is 69.4 Å². The lowest BCUT2D eigenvalue weighted by Crippen LogP contribution is -2.09. The Morgan fingerprint density at radius 1 is 1.36 bits per heavy atom. The van der Waals surface area contributed by atoms with Crippen molar-refractivity contribution in [2.45, 2.75) is 6.54 Å². The Hall–Kier alpha value is -2.18. The van der Waals surface area contributed by atoms with E-state index in [0.29, 0.717) is 21.2 Å². The molecule has 7 heteroatoms. The van der Waals surface area contributed by atoms with Gasteiger partial charge in [-0.3, -0.25) is 9.48 Å². The van der Waals surface area contributed by atoms with Crippen LogP contribution in [-0.4, -0.2) is 15.7 Å². The van der Waals surface area contributed by atoms with E-state index in [2.05, 4.69) is 10.4 Å². The number of hydrogen-bond donors (Lipinski definition) is 1. The minimum atomic E-state index is -0.382. The first-order chi connectivity index (χ1) is 10.6. The molecule has 112 valence electrons. The van der Waals surface area contributed by atoms with Crippen molar-refractivity contribution in [3.8, 4) is 0 Å². The fourth-order valence-electron chi connectivity index (χ4n) is 1.96. The van der Waals surface area contributed by atoms with Gasteiger partial charge in [-0.1, -0.05) is 23.7 Å². The van der Waals surface area contributed by atoms with Crippen LogP contribution in [0.3, 0.4) is 0 Å². The molecule has 0 saturated heterocycles. The maximum Gasteiger partial charge on any atom is 0.265 e. The zero-order valence-corrected chi connectivity index (χ0v) is 12.9. The molecule has 1 N–H and O–H groups in total. The molecule has 1 aromatic carbocycles. The smallest absolute Gasteiger partial charge is 0.265 e. The summed E-state index contributed by atoms with van der Waals surface area (Å²) in [6.45, 7) is 0.195. The summed E-state index contributed by atoms with van der Waals surface area (Å²) < 4.78 is 15.3. The van der Waals surface area contributed by atoms with Gasteiger partial charge in [0.25, 0.3) is 5.91 Å². The fourth-order valence-corrected chi connectivity index (χ4v) is 2.80. The fraction of sp³-hybridized carbons (Fsp3) is 0.0667. The summed E-state index contributed by atoms with van der Waals surface area (Å²) in [6, 6.07) is 8.08. The van der Waals surface area contributed by atoms with Crippen molar-refractivity contribution in [1.82, 2.24) is 9.78 Å². The predicted molar refractivity (Wildman–Crippen MR) is 85.0 cm³/mol. The van der Waals surface area contributed by atoms with Gasteiger partial charge in [0, 0.05) is 16.8 Å². The second-order valence-electron chi connectivity index (χ2n) is 4.56. The number of carbonyl (C=O) groups excluding carboxylic acids is 1. The highest BCUT2D eigenvalue weighted by Gasteiger charge is 2.11. The van der Waals surface area contributed by atoms with Crippen molar-refractivity contribution in [3.63, 3.8) is 0 Å². The first-order valence-corrected chi connectivity index (χ1v) is 7.69. The molecule has 0 fully saturated rings. The molecule has 0 unspecified atom stereocenters. The lowest BCUT2D eigenvalue weighted by atomic mass is 10.2. The predicted octanol–water partition coefficient (Wildman–Crippen LogP) is 4.04. The van der Waals surface area contributed by atoms with Gasteiger partial charge in [-0.05, 0) is 23.6 Å². The average Bonchev–Trinajstić information content (AvgIpc) is 3.15. The number of nitrogens with one attached hydrogen (secondary N) is 1. The number of carbonyl (C=O) groups is 1. The number of aromatic nitrogens is 2. The Morgan fingerprint density at radius 3 is 2.95 bits per heavy atom. The van der Waals surface area contributed by atoms with Gasteiger partial charge in [0.1, 0.15) is 5.82 Å². The molecule has 22 heavy (non-hydrogen) atoms. The van der Waals surface area contributed by atoms with E-state index in [-0.39, 0.29) is 18.3 Å². The van der Waals surface area contributed by atoms with Gasteiger partial charge >= 0.3 is 0 Å². The van der Waals surface area contributed by atoms with Gasteiger partial charge < -0.3 is 5.32 Å². The third kappa shape index (κ3) is 3.18. The first kappa shape index (κ1) is 14.7. The highest BCUT2D eigenvalue weighted by molar-refractivity contribution is 7.12. The van der Waals surface area contributed by atoms with Crippen LogP contribution in [0.25, 0.3) is 0 Å². The molecule has 0 aliphatic heterocycles. The number of anilines is 1. The van der Waals surface area contributed by atoms with E-state index in [1.54, 1.807) is 24.4 Å². The van der Waals surface area contributed by atoms with Gasteiger partial charge in [-0.25, -0.2) is 4.39 Å². The normalized spacial score (nSPS) is 10.6. The molecule has 0 aliphatic rings. The lowest BCUT2D eigenvalue weighted by Gasteiger charge is -2.05. The van der Waals surface area contributed by atoms with Crippen molar-refractivity contribution in [1.29, 1.82) is 0 Å². The Labute approximate surface area is 135 Å². The standard InChI is InChI=1S/C15H11ClFN3OS/c16-12-3-1-4-13(17)11(12)9-20-8-10(7-18-20)19-15(21)14-5-2-6-22-14/h1-8H,9H2,(H,19,21). The number of rotatable bonds is 4. The molecule has 0 aliphatic carbocycles. The first-order valence-electron chi connectivity index (χ1n) is 6.43. The van der Waals surface area contributed by atoms with Crippen molar-refractivity contribution in [2.75, 3.05) is 5.32 Å². The van der Waals surface area contributed by atoms with Gasteiger partial charge in [-0.15, -0.1) is 11.3 Å². The van der Waals surface area contributed by atoms with Crippen molar-refractivity contribution in [2.24, 2.45) is 0 Å². The highest BCUT2D eigenvalue weighted by Crippen LogP contribution is 2.20. The maximum absolute atomic E-state index is 13.7. The van der Waals surface area contributed by atoms with Gasteiger partial charge in [0.15, 0.2) is 0 Å². The zero-order valence-electron chi connectivity index (χ0n) is 11.3. The minimum Gasteiger partial charge on any atom is -0.319 e. The molecular weight excluding hydrogens is 325 g/mol. The quantitative estimate of drug-likeness (QED) is 0.782. The van der Waals surface area contributed by atoms with E-state index >= 15 is 0 Å². The summed E-state index contributed by atoms with van der Waals surface area (Å²) in [6.07, 6.45) is 3.15. The molecule has 0 saturated carbocycles. The minimum absolute atomic E-state index is 0.195. The van der Waals surface area contributed by atoms with Crippen LogP contribution in [0.1, 0.15) is 15.2 Å². The molecule has 3 aromatic rings. The molecule has 2 heterocycles. The number of benzene rings is 1. The van der Waals surface area contributed by atoms with Crippen molar-refractivity contribution < 1.29 is 9.18 Å². The number of nitrogens with zero attached hydrogens (tertiary/aromatic N) is 2. The molecule has 0 spiro atoms. The molecule has 0 radical (unpaired) electrons. The third-order valence-electron chi connectivity index (χ3n) is 3.02. The summed E-state index contributed by atoms with van der Waals surface area (Å²) in [4.78, 5) is 12.5. The van der Waals surface area contributed by atoms with Crippen LogP contribution in [0.4, 0.5) is 10.1 Å². The molecule has 2 aromatic heterocycles. The average molecular weight is 336 g/mol. The summed E-state index contributed by atoms with van der Waals surface area (Å²) in [5.74, 6) is -0.578. The Kier molecular flexibility index (Phi) is 4.22. The summed E-state index contributed by atoms with van der Waals surface area (Å²) >= 11 is 7.35. The van der Waals surface area contributed by atoms with E-state index in [9.17, 15) is 9.18 Å². The van der Waals surface area contributed by atoms with Crippen LogP contribution in [0.5, 0.6) is 0 Å². The van der Waals surface area contributed by atoms with E-state index in [1.165, 1.54) is 28.3 Å². The van der Waals surface area contributed by atoms with Crippen LogP contribution in [-0.2, 0) is 6.54 Å². The largest absolute Gasteiger partial charge is 0.319 e. The molecular formula is C15H11ClFN3OS. The topological polar surface area (TPSA) is 46.9 Å². The number of thiophene rings is 1. The van der Waals surface area contributed by atoms with Crippen molar-refractivity contribution >= 4 is 34.5 Å². The number of hydrogen-bond acceptors (Lipinski definition) is 3. The molecule has 4 nitrogen and oxygen atoms in total. The van der Waals surface area contributed by atoms with E-state index in [4.69, 9.17) is 11.6 Å². The SMILES string of the molecule is O=C(Nc1cnn(Cc2c(F)cccc2Cl)c1)c1cccs1. The second-order valence-corrected chi connectivity index (χ2v) is 5.91.